The maximum absolute atomic E-state index is 12.7. The van der Waals surface area contributed by atoms with Gasteiger partial charge in [0.25, 0.3) is 0 Å². The summed E-state index contributed by atoms with van der Waals surface area (Å²) in [7, 11) is 1.51. The van der Waals surface area contributed by atoms with E-state index in [0.29, 0.717) is 22.6 Å². The van der Waals surface area contributed by atoms with Crippen LogP contribution in [0.15, 0.2) is 48.7 Å². The maximum Gasteiger partial charge on any atom is 0.198 e. The number of hydrogen-bond donors (Lipinski definition) is 2. The lowest BCUT2D eigenvalue weighted by Gasteiger charge is -2.09. The Morgan fingerprint density at radius 3 is 2.70 bits per heavy atom. The van der Waals surface area contributed by atoms with Crippen molar-refractivity contribution in [1.29, 1.82) is 0 Å². The molecule has 0 bridgehead atoms. The number of H-pyrrole nitrogens is 1. The van der Waals surface area contributed by atoms with E-state index >= 15 is 0 Å². The monoisotopic (exact) mass is 266 g/mol. The first-order chi connectivity index (χ1) is 9.72. The second-order valence-corrected chi connectivity index (χ2v) is 4.51. The molecule has 4 heteroatoms. The highest BCUT2D eigenvalue weighted by atomic mass is 16.5. The van der Waals surface area contributed by atoms with E-state index in [1.165, 1.54) is 7.11 Å². The summed E-state index contributed by atoms with van der Waals surface area (Å²) in [6.07, 6.45) is 1.72. The summed E-state index contributed by atoms with van der Waals surface area (Å²) < 4.78 is 5.25. The molecule has 100 valence electrons. The largest absolute Gasteiger partial charge is 0.494 e. The first-order valence-electron chi connectivity index (χ1n) is 6.25. The number of carbonyl (C=O) groups excluding carboxylic acids is 1. The Morgan fingerprint density at radius 2 is 1.90 bits per heavy atom. The number of nitrogen functional groups attached to an aromatic ring is 1. The number of carbonyl (C=O) groups is 1. The summed E-state index contributed by atoms with van der Waals surface area (Å²) in [5.41, 5.74) is 8.32. The van der Waals surface area contributed by atoms with E-state index in [1.54, 1.807) is 24.4 Å². The fourth-order valence-electron chi connectivity index (χ4n) is 2.37. The van der Waals surface area contributed by atoms with E-state index in [-0.39, 0.29) is 5.78 Å². The number of nitrogens with one attached hydrogen (secondary N) is 1. The minimum Gasteiger partial charge on any atom is -0.494 e. The van der Waals surface area contributed by atoms with E-state index in [9.17, 15) is 4.79 Å². The molecule has 1 heterocycles. The molecule has 0 amide bonds. The SMILES string of the molecule is COc1c(N)cccc1C(=O)c1c[nH]c2ccccc12. The maximum atomic E-state index is 12.7. The van der Waals surface area contributed by atoms with Crippen molar-refractivity contribution < 1.29 is 9.53 Å². The number of anilines is 1. The number of ether oxygens (including phenoxy) is 1. The van der Waals surface area contributed by atoms with E-state index in [0.717, 1.165) is 10.9 Å². The smallest absolute Gasteiger partial charge is 0.198 e. The number of methoxy groups -OCH3 is 1. The van der Waals surface area contributed by atoms with Crippen molar-refractivity contribution >= 4 is 22.4 Å². The van der Waals surface area contributed by atoms with Crippen molar-refractivity contribution in [3.63, 3.8) is 0 Å². The van der Waals surface area contributed by atoms with Gasteiger partial charge in [-0.05, 0) is 18.2 Å². The highest BCUT2D eigenvalue weighted by molar-refractivity contribution is 6.18. The van der Waals surface area contributed by atoms with Gasteiger partial charge in [0.2, 0.25) is 0 Å². The number of para-hydroxylation sites is 2. The molecular formula is C16H14N2O2. The molecule has 4 nitrogen and oxygen atoms in total. The van der Waals surface area contributed by atoms with Gasteiger partial charge in [0.05, 0.1) is 18.4 Å². The van der Waals surface area contributed by atoms with Crippen molar-refractivity contribution in [3.8, 4) is 5.75 Å². The molecule has 3 N–H and O–H groups in total. The van der Waals surface area contributed by atoms with Crippen LogP contribution in [-0.4, -0.2) is 17.9 Å². The minimum absolute atomic E-state index is 0.105. The number of benzene rings is 2. The summed E-state index contributed by atoms with van der Waals surface area (Å²) in [5.74, 6) is 0.314. The van der Waals surface area contributed by atoms with Crippen LogP contribution in [-0.2, 0) is 0 Å². The number of rotatable bonds is 3. The normalized spacial score (nSPS) is 10.7. The second kappa shape index (κ2) is 4.74. The van der Waals surface area contributed by atoms with E-state index < -0.39 is 0 Å². The van der Waals surface area contributed by atoms with Gasteiger partial charge in [-0.2, -0.15) is 0 Å². The van der Waals surface area contributed by atoms with Gasteiger partial charge >= 0.3 is 0 Å². The Balaban J connectivity index is 2.16. The molecule has 0 aliphatic heterocycles. The molecule has 2 aromatic carbocycles. The fraction of sp³-hybridized carbons (Fsp3) is 0.0625. The van der Waals surface area contributed by atoms with Gasteiger partial charge in [-0.1, -0.05) is 24.3 Å². The quantitative estimate of drug-likeness (QED) is 0.565. The van der Waals surface area contributed by atoms with Gasteiger partial charge in [0.1, 0.15) is 0 Å². The highest BCUT2D eigenvalue weighted by Crippen LogP contribution is 2.30. The van der Waals surface area contributed by atoms with Gasteiger partial charge in [-0.3, -0.25) is 4.79 Å². The fourth-order valence-corrected chi connectivity index (χ4v) is 2.37. The standard InChI is InChI=1S/C16H14N2O2/c1-20-16-11(6-4-7-13(16)17)15(19)12-9-18-14-8-3-2-5-10(12)14/h2-9,18H,17H2,1H3. The number of aromatic nitrogens is 1. The van der Waals surface area contributed by atoms with Gasteiger partial charge in [0.15, 0.2) is 11.5 Å². The Labute approximate surface area is 116 Å². The van der Waals surface area contributed by atoms with Crippen LogP contribution in [0, 0.1) is 0 Å². The molecule has 1 aromatic heterocycles. The van der Waals surface area contributed by atoms with Crippen LogP contribution in [0.5, 0.6) is 5.75 Å². The lowest BCUT2D eigenvalue weighted by molar-refractivity contribution is 0.103. The molecule has 3 aromatic rings. The molecule has 0 saturated heterocycles. The van der Waals surface area contributed by atoms with Crippen LogP contribution in [0.1, 0.15) is 15.9 Å². The van der Waals surface area contributed by atoms with Crippen LogP contribution < -0.4 is 10.5 Å². The van der Waals surface area contributed by atoms with Crippen LogP contribution in [0.2, 0.25) is 0 Å². The summed E-state index contributed by atoms with van der Waals surface area (Å²) >= 11 is 0. The number of aromatic amines is 1. The average Bonchev–Trinajstić information content (AvgIpc) is 2.90. The van der Waals surface area contributed by atoms with E-state index in [2.05, 4.69) is 4.98 Å². The topological polar surface area (TPSA) is 68.1 Å². The summed E-state index contributed by atoms with van der Waals surface area (Å²) in [4.78, 5) is 15.8. The van der Waals surface area contributed by atoms with Gasteiger partial charge in [0, 0.05) is 22.7 Å². The molecule has 0 aliphatic carbocycles. The van der Waals surface area contributed by atoms with E-state index in [4.69, 9.17) is 10.5 Å². The number of hydrogen-bond acceptors (Lipinski definition) is 3. The third-order valence-corrected chi connectivity index (χ3v) is 3.33. The van der Waals surface area contributed by atoms with Crippen molar-refractivity contribution in [2.75, 3.05) is 12.8 Å². The van der Waals surface area contributed by atoms with E-state index in [1.807, 2.05) is 24.3 Å². The predicted molar refractivity (Wildman–Crippen MR) is 79.1 cm³/mol. The highest BCUT2D eigenvalue weighted by Gasteiger charge is 2.19. The Hall–Kier alpha value is -2.75. The summed E-state index contributed by atoms with van der Waals surface area (Å²) in [5, 5.41) is 0.891. The molecule has 0 aliphatic rings. The molecule has 20 heavy (non-hydrogen) atoms. The Bertz CT molecular complexity index is 790. The van der Waals surface area contributed by atoms with Crippen molar-refractivity contribution in [1.82, 2.24) is 4.98 Å². The lowest BCUT2D eigenvalue weighted by atomic mass is 10.0. The number of nitrogens with two attached hydrogens (primary N) is 1. The van der Waals surface area contributed by atoms with Crippen molar-refractivity contribution in [2.45, 2.75) is 0 Å². The average molecular weight is 266 g/mol. The zero-order valence-electron chi connectivity index (χ0n) is 11.0. The first-order valence-corrected chi connectivity index (χ1v) is 6.25. The Kier molecular flexibility index (Phi) is 2.91. The zero-order valence-corrected chi connectivity index (χ0v) is 11.0. The predicted octanol–water partition coefficient (Wildman–Crippen LogP) is 2.99. The molecule has 0 fully saturated rings. The van der Waals surface area contributed by atoms with Crippen LogP contribution in [0.4, 0.5) is 5.69 Å². The van der Waals surface area contributed by atoms with Crippen molar-refractivity contribution in [2.24, 2.45) is 0 Å². The van der Waals surface area contributed by atoms with Crippen molar-refractivity contribution in [3.05, 3.63) is 59.8 Å². The molecule has 0 saturated carbocycles. The molecule has 0 radical (unpaired) electrons. The Morgan fingerprint density at radius 1 is 1.10 bits per heavy atom. The number of fused-ring (bicyclic) bond motifs is 1. The molecule has 0 atom stereocenters. The number of ketones is 1. The summed E-state index contributed by atoms with van der Waals surface area (Å²) in [6.45, 7) is 0. The van der Waals surface area contributed by atoms with Crippen LogP contribution in [0.25, 0.3) is 10.9 Å². The van der Waals surface area contributed by atoms with Crippen LogP contribution in [0.3, 0.4) is 0 Å². The van der Waals surface area contributed by atoms with Gasteiger partial charge in [-0.15, -0.1) is 0 Å². The summed E-state index contributed by atoms with van der Waals surface area (Å²) in [6, 6.07) is 12.9. The van der Waals surface area contributed by atoms with Crippen LogP contribution >= 0.6 is 0 Å². The molecule has 3 rings (SSSR count). The first kappa shape index (κ1) is 12.3. The zero-order chi connectivity index (χ0) is 14.1. The van der Waals surface area contributed by atoms with Gasteiger partial charge in [-0.25, -0.2) is 0 Å². The molecule has 0 spiro atoms. The van der Waals surface area contributed by atoms with Gasteiger partial charge < -0.3 is 15.5 Å². The third kappa shape index (κ3) is 1.82. The molecular weight excluding hydrogens is 252 g/mol. The lowest BCUT2D eigenvalue weighted by Crippen LogP contribution is -2.05. The second-order valence-electron chi connectivity index (χ2n) is 4.51. The minimum atomic E-state index is -0.105. The third-order valence-electron chi connectivity index (χ3n) is 3.33. The molecule has 0 unspecified atom stereocenters.